The number of carbonyl (C=O) groups is 2. The van der Waals surface area contributed by atoms with Crippen LogP contribution < -0.4 is 0 Å². The molecule has 5 nitrogen and oxygen atoms in total. The van der Waals surface area contributed by atoms with Gasteiger partial charge in [0.2, 0.25) is 0 Å². The average molecular weight is 237 g/mol. The normalized spacial score (nSPS) is 28.2. The molecule has 0 aromatic carbocycles. The zero-order valence-corrected chi connectivity index (χ0v) is 9.79. The van der Waals surface area contributed by atoms with Crippen LogP contribution in [0.1, 0.15) is 36.1 Å². The summed E-state index contributed by atoms with van der Waals surface area (Å²) in [5.41, 5.74) is 0.937. The van der Waals surface area contributed by atoms with E-state index < -0.39 is 6.04 Å². The molecule has 1 N–H and O–H groups in total. The zero-order valence-electron chi connectivity index (χ0n) is 9.79. The number of rotatable bonds is 3. The number of esters is 1. The number of hydrogen-bond donors (Lipinski definition) is 1. The van der Waals surface area contributed by atoms with Crippen molar-refractivity contribution in [3.63, 3.8) is 0 Å². The fourth-order valence-electron chi connectivity index (χ4n) is 2.24. The Balaban J connectivity index is 2.48. The van der Waals surface area contributed by atoms with Gasteiger partial charge >= 0.3 is 5.97 Å². The predicted octanol–water partition coefficient (Wildman–Crippen LogP) is 0.915. The molecule has 0 bridgehead atoms. The number of ether oxygens (including phenoxy) is 1. The summed E-state index contributed by atoms with van der Waals surface area (Å²) in [5.74, 6) is -0.377. The fraction of sp³-hybridized carbons (Fsp3) is 0.500. The molecule has 92 valence electrons. The van der Waals surface area contributed by atoms with Gasteiger partial charge in [0.1, 0.15) is 12.1 Å². The first kappa shape index (κ1) is 11.9. The van der Waals surface area contributed by atoms with Crippen LogP contribution in [0.25, 0.3) is 0 Å². The Kier molecular flexibility index (Phi) is 3.02. The summed E-state index contributed by atoms with van der Waals surface area (Å²) in [6, 6.07) is 2.72. The molecule has 0 radical (unpaired) electrons. The van der Waals surface area contributed by atoms with Crippen LogP contribution in [-0.4, -0.2) is 28.0 Å². The lowest BCUT2D eigenvalue weighted by atomic mass is 9.99. The summed E-state index contributed by atoms with van der Waals surface area (Å²) in [6.07, 6.45) is 0.503. The third-order valence-electron chi connectivity index (χ3n) is 3.38. The van der Waals surface area contributed by atoms with E-state index >= 15 is 0 Å². The molecule has 3 unspecified atom stereocenters. The van der Waals surface area contributed by atoms with Crippen molar-refractivity contribution in [1.29, 1.82) is 0 Å². The zero-order chi connectivity index (χ0) is 12.6. The fourth-order valence-corrected chi connectivity index (χ4v) is 2.24. The lowest BCUT2D eigenvalue weighted by molar-refractivity contribution is -0.143. The van der Waals surface area contributed by atoms with Crippen LogP contribution in [0.2, 0.25) is 0 Å². The number of hydrogen-bond acceptors (Lipinski definition) is 4. The number of aldehydes is 1. The Labute approximate surface area is 99.0 Å². The van der Waals surface area contributed by atoms with E-state index in [0.717, 1.165) is 0 Å². The molecule has 0 aliphatic carbocycles. The molecule has 0 amide bonds. The van der Waals surface area contributed by atoms with Crippen molar-refractivity contribution in [2.45, 2.75) is 32.6 Å². The SMILES string of the molecule is CC1OC(=O)C(n2c(C=O)ccc2CO)C1C. The van der Waals surface area contributed by atoms with Crippen molar-refractivity contribution in [3.8, 4) is 0 Å². The highest BCUT2D eigenvalue weighted by Gasteiger charge is 2.41. The second-order valence-electron chi connectivity index (χ2n) is 4.34. The van der Waals surface area contributed by atoms with Crippen molar-refractivity contribution in [2.24, 2.45) is 5.92 Å². The summed E-state index contributed by atoms with van der Waals surface area (Å²) >= 11 is 0. The van der Waals surface area contributed by atoms with Crippen LogP contribution in [0.3, 0.4) is 0 Å². The van der Waals surface area contributed by atoms with Gasteiger partial charge in [-0.3, -0.25) is 4.79 Å². The molecule has 17 heavy (non-hydrogen) atoms. The monoisotopic (exact) mass is 237 g/mol. The largest absolute Gasteiger partial charge is 0.461 e. The lowest BCUT2D eigenvalue weighted by Gasteiger charge is -2.18. The Bertz CT molecular complexity index is 451. The minimum Gasteiger partial charge on any atom is -0.461 e. The maximum absolute atomic E-state index is 11.8. The molecule has 0 saturated carbocycles. The van der Waals surface area contributed by atoms with Gasteiger partial charge in [-0.1, -0.05) is 6.92 Å². The Morgan fingerprint density at radius 2 is 2.18 bits per heavy atom. The first-order chi connectivity index (χ1) is 8.10. The second-order valence-corrected chi connectivity index (χ2v) is 4.34. The minimum atomic E-state index is -0.526. The Hall–Kier alpha value is -1.62. The van der Waals surface area contributed by atoms with Gasteiger partial charge in [-0.15, -0.1) is 0 Å². The van der Waals surface area contributed by atoms with Crippen LogP contribution >= 0.6 is 0 Å². The highest BCUT2D eigenvalue weighted by molar-refractivity contribution is 5.80. The molecule has 2 rings (SSSR count). The molecular weight excluding hydrogens is 222 g/mol. The predicted molar refractivity (Wildman–Crippen MR) is 59.5 cm³/mol. The molecule has 5 heteroatoms. The van der Waals surface area contributed by atoms with E-state index in [0.29, 0.717) is 17.7 Å². The molecule has 1 saturated heterocycles. The highest BCUT2D eigenvalue weighted by Crippen LogP contribution is 2.34. The van der Waals surface area contributed by atoms with E-state index in [1.54, 1.807) is 16.7 Å². The molecule has 2 heterocycles. The molecule has 1 aliphatic heterocycles. The van der Waals surface area contributed by atoms with Gasteiger partial charge in [0.05, 0.1) is 12.3 Å². The number of cyclic esters (lactones) is 1. The Morgan fingerprint density at radius 3 is 2.65 bits per heavy atom. The summed E-state index contributed by atoms with van der Waals surface area (Å²) in [5, 5.41) is 9.24. The van der Waals surface area contributed by atoms with Gasteiger partial charge in [-0.25, -0.2) is 4.79 Å². The quantitative estimate of drug-likeness (QED) is 0.627. The van der Waals surface area contributed by atoms with E-state index in [-0.39, 0.29) is 24.6 Å². The van der Waals surface area contributed by atoms with Gasteiger partial charge in [-0.05, 0) is 19.1 Å². The number of carbonyl (C=O) groups excluding carboxylic acids is 2. The molecule has 3 atom stereocenters. The minimum absolute atomic E-state index is 0.0288. The van der Waals surface area contributed by atoms with Gasteiger partial charge in [0, 0.05) is 11.6 Å². The topological polar surface area (TPSA) is 68.5 Å². The summed E-state index contributed by atoms with van der Waals surface area (Å²) < 4.78 is 6.72. The summed E-state index contributed by atoms with van der Waals surface area (Å²) in [4.78, 5) is 22.7. The second kappa shape index (κ2) is 4.33. The van der Waals surface area contributed by atoms with Crippen LogP contribution in [0.5, 0.6) is 0 Å². The lowest BCUT2D eigenvalue weighted by Crippen LogP contribution is -2.24. The van der Waals surface area contributed by atoms with Gasteiger partial charge in [-0.2, -0.15) is 0 Å². The maximum Gasteiger partial charge on any atom is 0.329 e. The van der Waals surface area contributed by atoms with Crippen molar-refractivity contribution >= 4 is 12.3 Å². The van der Waals surface area contributed by atoms with Gasteiger partial charge in [0.25, 0.3) is 0 Å². The standard InChI is InChI=1S/C12H15NO4/c1-7-8(2)17-12(16)11(7)13-9(5-14)3-4-10(13)6-15/h3-5,7-8,11,15H,6H2,1-2H3. The van der Waals surface area contributed by atoms with Crippen molar-refractivity contribution in [1.82, 2.24) is 4.57 Å². The maximum atomic E-state index is 11.8. The van der Waals surface area contributed by atoms with E-state index in [9.17, 15) is 14.7 Å². The third kappa shape index (κ3) is 1.76. The number of nitrogens with zero attached hydrogens (tertiary/aromatic N) is 1. The Morgan fingerprint density at radius 1 is 1.47 bits per heavy atom. The first-order valence-electron chi connectivity index (χ1n) is 5.56. The molecule has 0 spiro atoms. The molecule has 1 aliphatic rings. The van der Waals surface area contributed by atoms with Crippen molar-refractivity contribution in [2.75, 3.05) is 0 Å². The van der Waals surface area contributed by atoms with E-state index in [1.165, 1.54) is 0 Å². The van der Waals surface area contributed by atoms with Crippen LogP contribution in [0.4, 0.5) is 0 Å². The number of aromatic nitrogens is 1. The van der Waals surface area contributed by atoms with Gasteiger partial charge < -0.3 is 14.4 Å². The van der Waals surface area contributed by atoms with Crippen LogP contribution in [-0.2, 0) is 16.1 Å². The molecular formula is C12H15NO4. The van der Waals surface area contributed by atoms with Crippen molar-refractivity contribution < 1.29 is 19.4 Å². The van der Waals surface area contributed by atoms with E-state index in [4.69, 9.17) is 4.74 Å². The average Bonchev–Trinajstić information content (AvgIpc) is 2.81. The smallest absolute Gasteiger partial charge is 0.329 e. The highest BCUT2D eigenvalue weighted by atomic mass is 16.6. The molecule has 1 aromatic heterocycles. The van der Waals surface area contributed by atoms with Crippen molar-refractivity contribution in [3.05, 3.63) is 23.5 Å². The number of aliphatic hydroxyl groups is 1. The van der Waals surface area contributed by atoms with Crippen LogP contribution in [0.15, 0.2) is 12.1 Å². The van der Waals surface area contributed by atoms with E-state index in [1.807, 2.05) is 13.8 Å². The van der Waals surface area contributed by atoms with Crippen LogP contribution in [0, 0.1) is 5.92 Å². The molecule has 1 aromatic rings. The molecule has 1 fully saturated rings. The van der Waals surface area contributed by atoms with E-state index in [2.05, 4.69) is 0 Å². The summed E-state index contributed by atoms with van der Waals surface area (Å²) in [7, 11) is 0. The number of aliphatic hydroxyl groups excluding tert-OH is 1. The third-order valence-corrected chi connectivity index (χ3v) is 3.38. The first-order valence-corrected chi connectivity index (χ1v) is 5.56. The van der Waals surface area contributed by atoms with Gasteiger partial charge in [0.15, 0.2) is 6.29 Å². The summed E-state index contributed by atoms with van der Waals surface area (Å²) in [6.45, 7) is 3.51.